The maximum absolute atomic E-state index is 8.25. The predicted octanol–water partition coefficient (Wildman–Crippen LogP) is 2.07. The van der Waals surface area contributed by atoms with Gasteiger partial charge < -0.3 is 5.11 Å². The van der Waals surface area contributed by atoms with Crippen molar-refractivity contribution in [2.45, 2.75) is 10.6 Å². The van der Waals surface area contributed by atoms with E-state index in [4.69, 9.17) is 5.11 Å². The molecule has 2 heteroatoms. The molecule has 0 heterocycles. The molecule has 2 aromatic rings. The van der Waals surface area contributed by atoms with Crippen molar-refractivity contribution in [1.82, 2.24) is 0 Å². The second-order valence-corrected chi connectivity index (χ2v) is 5.06. The van der Waals surface area contributed by atoms with Crippen molar-refractivity contribution in [3.63, 3.8) is 0 Å². The second kappa shape index (κ2) is 9.01. The van der Waals surface area contributed by atoms with E-state index in [2.05, 4.69) is 60.7 Å². The summed E-state index contributed by atoms with van der Waals surface area (Å²) in [5.41, 5.74) is 2.95. The Labute approximate surface area is 110 Å². The molecule has 0 amide bonds. The van der Waals surface area contributed by atoms with Gasteiger partial charge >= 0.3 is 97.6 Å². The first kappa shape index (κ1) is 14.0. The molecule has 0 aliphatic rings. The number of rotatable bonds is 4. The normalized spacial score (nSPS) is 8.82. The minimum atomic E-state index is 0.501. The Kier molecular flexibility index (Phi) is 7.42. The summed E-state index contributed by atoms with van der Waals surface area (Å²) in [5, 5.41) is 10.8. The van der Waals surface area contributed by atoms with Crippen LogP contribution in [0.3, 0.4) is 0 Å². The van der Waals surface area contributed by atoms with Crippen LogP contribution in [-0.2, 0) is 10.6 Å². The van der Waals surface area contributed by atoms with E-state index < -0.39 is 0 Å². The fourth-order valence-corrected chi connectivity index (χ4v) is 2.99. The van der Waals surface area contributed by atoms with E-state index in [1.54, 1.807) is 0 Å². The molecule has 0 saturated carbocycles. The van der Waals surface area contributed by atoms with Crippen molar-refractivity contribution in [3.8, 4) is 0 Å². The molecule has 0 atom stereocenters. The topological polar surface area (TPSA) is 23.1 Å². The number of hydrogen-bond donors (Lipinski definition) is 0. The van der Waals surface area contributed by atoms with Crippen molar-refractivity contribution in [3.05, 3.63) is 71.8 Å². The summed E-state index contributed by atoms with van der Waals surface area (Å²) in [7, 11) is 0.750. The van der Waals surface area contributed by atoms with Gasteiger partial charge in [0.1, 0.15) is 0 Å². The monoisotopic (exact) mass is 240 g/mol. The Bertz CT molecular complexity index is 347. The Morgan fingerprint density at radius 3 is 1.41 bits per heavy atom. The van der Waals surface area contributed by atoms with Crippen molar-refractivity contribution in [1.29, 1.82) is 0 Å². The molecule has 0 unspecified atom stereocenters. The van der Waals surface area contributed by atoms with Gasteiger partial charge in [-0.05, 0) is 0 Å². The number of benzene rings is 2. The van der Waals surface area contributed by atoms with Gasteiger partial charge in [0.15, 0.2) is 0 Å². The molecule has 0 fully saturated rings. The molecule has 0 radical (unpaired) electrons. The first-order valence-corrected chi connectivity index (χ1v) is 7.39. The van der Waals surface area contributed by atoms with E-state index in [0.29, 0.717) is 15.2 Å². The third-order valence-electron chi connectivity index (χ3n) is 2.45. The molecule has 0 aromatic heterocycles. The van der Waals surface area contributed by atoms with Gasteiger partial charge in [0.25, 0.3) is 0 Å². The van der Waals surface area contributed by atoms with E-state index in [1.165, 1.54) is 21.7 Å². The van der Waals surface area contributed by atoms with Gasteiger partial charge in [-0.3, -0.25) is 0 Å². The summed E-state index contributed by atoms with van der Waals surface area (Å²) in [5.74, 6) is 0. The van der Waals surface area contributed by atoms with Crippen LogP contribution in [0, 0.1) is 0 Å². The summed E-state index contributed by atoms with van der Waals surface area (Å²) in [6, 6.07) is 21.5. The zero-order valence-electron chi connectivity index (χ0n) is 10.2. The fraction of sp³-hybridized carbons (Fsp3) is 0.200. The zero-order valence-corrected chi connectivity index (χ0v) is 11.3. The van der Waals surface area contributed by atoms with Crippen molar-refractivity contribution in [2.75, 3.05) is 7.11 Å². The van der Waals surface area contributed by atoms with Crippen molar-refractivity contribution in [2.24, 2.45) is 0 Å². The Morgan fingerprint density at radius 1 is 0.706 bits per heavy atom. The Balaban J connectivity index is 0.000000686. The van der Waals surface area contributed by atoms with Crippen LogP contribution < -0.4 is 5.11 Å². The van der Waals surface area contributed by atoms with E-state index in [9.17, 15) is 0 Å². The van der Waals surface area contributed by atoms with Gasteiger partial charge in [0.05, 0.1) is 0 Å². The average molecular weight is 240 g/mol. The summed E-state index contributed by atoms with van der Waals surface area (Å²) in [4.78, 5) is 0. The van der Waals surface area contributed by atoms with E-state index in [1.807, 2.05) is 0 Å². The molecule has 0 spiro atoms. The molecular weight excluding hydrogens is 223 g/mol. The predicted molar refractivity (Wildman–Crippen MR) is 72.0 cm³/mol. The van der Waals surface area contributed by atoms with Gasteiger partial charge in [-0.25, -0.2) is 0 Å². The maximum atomic E-state index is 8.25. The quantitative estimate of drug-likeness (QED) is 0.750. The minimum absolute atomic E-state index is 0.501. The van der Waals surface area contributed by atoms with Gasteiger partial charge in [-0.2, -0.15) is 7.11 Å². The van der Waals surface area contributed by atoms with Crippen LogP contribution >= 0.6 is 0 Å². The van der Waals surface area contributed by atoms with Crippen LogP contribution in [0.4, 0.5) is 0 Å². The van der Waals surface area contributed by atoms with Crippen LogP contribution in [-0.4, -0.2) is 22.3 Å². The average Bonchev–Trinajstić information content (AvgIpc) is 2.43. The van der Waals surface area contributed by atoms with Crippen LogP contribution in [0.15, 0.2) is 60.7 Å². The summed E-state index contributed by atoms with van der Waals surface area (Å²) >= 11 is 0.501. The third kappa shape index (κ3) is 5.70. The molecule has 86 valence electrons. The van der Waals surface area contributed by atoms with Gasteiger partial charge in [0, 0.05) is 0 Å². The summed E-state index contributed by atoms with van der Waals surface area (Å²) in [6.45, 7) is 0. The van der Waals surface area contributed by atoms with Crippen LogP contribution in [0.2, 0.25) is 0 Å². The molecule has 2 rings (SSSR count). The Morgan fingerprint density at radius 2 is 1.06 bits per heavy atom. The fourth-order valence-electron chi connectivity index (χ4n) is 1.63. The zero-order chi connectivity index (χ0) is 12.3. The van der Waals surface area contributed by atoms with E-state index in [-0.39, 0.29) is 0 Å². The van der Waals surface area contributed by atoms with Gasteiger partial charge in [-0.1, -0.05) is 0 Å². The first-order chi connectivity index (χ1) is 8.45. The van der Waals surface area contributed by atoms with Gasteiger partial charge in [0.2, 0.25) is 0 Å². The molecule has 0 N–H and O–H groups in total. The molecular formula is C15H17AlO. The summed E-state index contributed by atoms with van der Waals surface area (Å²) in [6.07, 6.45) is 0. The van der Waals surface area contributed by atoms with Crippen LogP contribution in [0.5, 0.6) is 0 Å². The van der Waals surface area contributed by atoms with E-state index in [0.717, 1.165) is 7.11 Å². The SMILES string of the molecule is C[O-].c1ccc([CH2][Al+][CH2]c2ccccc2)cc1. The third-order valence-corrected chi connectivity index (χ3v) is 3.97. The molecule has 0 aliphatic heterocycles. The molecule has 2 aromatic carbocycles. The van der Waals surface area contributed by atoms with Crippen molar-refractivity contribution >= 4 is 15.2 Å². The standard InChI is InChI=1S/2C7H7.CH3O.Al/c2*1-7-5-3-2-4-6-7;1-2;/h2*2-6H,1H2;1H3;/q;;-1;+1. The van der Waals surface area contributed by atoms with Crippen LogP contribution in [0.1, 0.15) is 11.1 Å². The van der Waals surface area contributed by atoms with Gasteiger partial charge in [-0.15, -0.1) is 0 Å². The molecule has 1 nitrogen and oxygen atoms in total. The van der Waals surface area contributed by atoms with Crippen molar-refractivity contribution < 1.29 is 5.11 Å². The summed E-state index contributed by atoms with van der Waals surface area (Å²) < 4.78 is 0. The Hall–Kier alpha value is -1.07. The molecule has 0 aliphatic carbocycles. The molecule has 0 saturated heterocycles. The van der Waals surface area contributed by atoms with E-state index >= 15 is 0 Å². The first-order valence-electron chi connectivity index (χ1n) is 5.75. The van der Waals surface area contributed by atoms with Crippen LogP contribution in [0.25, 0.3) is 0 Å². The second-order valence-electron chi connectivity index (χ2n) is 3.67. The molecule has 17 heavy (non-hydrogen) atoms. The molecule has 0 bridgehead atoms. The number of hydrogen-bond acceptors (Lipinski definition) is 1.